The Labute approximate surface area is 142 Å². The van der Waals surface area contributed by atoms with E-state index < -0.39 is 5.97 Å². The number of hydrogen-bond donors (Lipinski definition) is 0. The van der Waals surface area contributed by atoms with Crippen molar-refractivity contribution in [2.24, 2.45) is 0 Å². The molecule has 0 saturated heterocycles. The molecule has 0 heterocycles. The molecule has 0 bridgehead atoms. The van der Waals surface area contributed by atoms with Crippen molar-refractivity contribution >= 4 is 17.8 Å². The molecule has 1 amide bonds. The van der Waals surface area contributed by atoms with Gasteiger partial charge < -0.3 is 14.4 Å². The van der Waals surface area contributed by atoms with Crippen LogP contribution in [0, 0.1) is 0 Å². The van der Waals surface area contributed by atoms with E-state index in [1.165, 1.54) is 4.90 Å². The topological polar surface area (TPSA) is 72.9 Å². The van der Waals surface area contributed by atoms with E-state index in [-0.39, 0.29) is 44.4 Å². The van der Waals surface area contributed by atoms with E-state index in [0.29, 0.717) is 13.0 Å². The molecule has 6 heteroatoms. The molecule has 1 aromatic rings. The first-order valence-corrected chi connectivity index (χ1v) is 8.19. The molecule has 0 saturated carbocycles. The first-order valence-electron chi connectivity index (χ1n) is 8.19. The van der Waals surface area contributed by atoms with Gasteiger partial charge in [-0.2, -0.15) is 0 Å². The second-order valence-corrected chi connectivity index (χ2v) is 5.16. The smallest absolute Gasteiger partial charge is 0.325 e. The van der Waals surface area contributed by atoms with Gasteiger partial charge in [-0.1, -0.05) is 30.3 Å². The molecule has 6 nitrogen and oxygen atoms in total. The van der Waals surface area contributed by atoms with E-state index >= 15 is 0 Å². The molecule has 132 valence electrons. The van der Waals surface area contributed by atoms with Gasteiger partial charge in [-0.05, 0) is 25.8 Å². The Morgan fingerprint density at radius 1 is 0.917 bits per heavy atom. The van der Waals surface area contributed by atoms with Gasteiger partial charge in [0, 0.05) is 13.0 Å². The van der Waals surface area contributed by atoms with Gasteiger partial charge in [-0.25, -0.2) is 0 Å². The van der Waals surface area contributed by atoms with Gasteiger partial charge in [0.05, 0.1) is 19.6 Å². The SMILES string of the molecule is CCOC(=O)CCN(CC(=O)OCC)C(=O)CCc1ccccc1. The van der Waals surface area contributed by atoms with Crippen LogP contribution < -0.4 is 0 Å². The van der Waals surface area contributed by atoms with Gasteiger partial charge in [0.2, 0.25) is 5.91 Å². The average molecular weight is 335 g/mol. The van der Waals surface area contributed by atoms with Crippen LogP contribution in [0.2, 0.25) is 0 Å². The lowest BCUT2D eigenvalue weighted by Crippen LogP contribution is -2.38. The number of nitrogens with zero attached hydrogens (tertiary/aromatic N) is 1. The van der Waals surface area contributed by atoms with Gasteiger partial charge in [0.1, 0.15) is 6.54 Å². The van der Waals surface area contributed by atoms with Crippen LogP contribution in [0.25, 0.3) is 0 Å². The summed E-state index contributed by atoms with van der Waals surface area (Å²) in [7, 11) is 0. The minimum Gasteiger partial charge on any atom is -0.466 e. The van der Waals surface area contributed by atoms with Crippen molar-refractivity contribution < 1.29 is 23.9 Å². The Morgan fingerprint density at radius 2 is 1.54 bits per heavy atom. The van der Waals surface area contributed by atoms with Crippen LogP contribution in [0.15, 0.2) is 30.3 Å². The Hall–Kier alpha value is -2.37. The van der Waals surface area contributed by atoms with Crippen molar-refractivity contribution in [2.45, 2.75) is 33.1 Å². The molecular formula is C18H25NO5. The van der Waals surface area contributed by atoms with Crippen LogP contribution >= 0.6 is 0 Å². The fraction of sp³-hybridized carbons (Fsp3) is 0.500. The fourth-order valence-corrected chi connectivity index (χ4v) is 2.17. The molecule has 24 heavy (non-hydrogen) atoms. The first-order chi connectivity index (χ1) is 11.6. The maximum atomic E-state index is 12.4. The minimum absolute atomic E-state index is 0.0598. The second-order valence-electron chi connectivity index (χ2n) is 5.16. The lowest BCUT2D eigenvalue weighted by molar-refractivity contribution is -0.150. The highest BCUT2D eigenvalue weighted by atomic mass is 16.5. The molecule has 0 spiro atoms. The summed E-state index contributed by atoms with van der Waals surface area (Å²) < 4.78 is 9.75. The van der Waals surface area contributed by atoms with Crippen LogP contribution in [0.1, 0.15) is 32.3 Å². The van der Waals surface area contributed by atoms with Crippen LogP contribution in [0.3, 0.4) is 0 Å². The van der Waals surface area contributed by atoms with E-state index in [9.17, 15) is 14.4 Å². The molecular weight excluding hydrogens is 310 g/mol. The van der Waals surface area contributed by atoms with Crippen LogP contribution in [-0.4, -0.2) is 49.0 Å². The van der Waals surface area contributed by atoms with Gasteiger partial charge in [-0.15, -0.1) is 0 Å². The molecule has 0 radical (unpaired) electrons. The Kier molecular flexibility index (Phi) is 9.19. The number of carbonyl (C=O) groups is 3. The molecule has 0 aromatic heterocycles. The predicted molar refractivity (Wildman–Crippen MR) is 89.2 cm³/mol. The third-order valence-electron chi connectivity index (χ3n) is 3.34. The number of esters is 2. The lowest BCUT2D eigenvalue weighted by Gasteiger charge is -2.21. The lowest BCUT2D eigenvalue weighted by atomic mass is 10.1. The monoisotopic (exact) mass is 335 g/mol. The van der Waals surface area contributed by atoms with Crippen LogP contribution in [-0.2, 0) is 30.3 Å². The summed E-state index contributed by atoms with van der Waals surface area (Å²) >= 11 is 0. The Bertz CT molecular complexity index is 529. The summed E-state index contributed by atoms with van der Waals surface area (Å²) in [4.78, 5) is 36.9. The van der Waals surface area contributed by atoms with E-state index in [2.05, 4.69) is 0 Å². The van der Waals surface area contributed by atoms with Crippen molar-refractivity contribution in [3.05, 3.63) is 35.9 Å². The van der Waals surface area contributed by atoms with Crippen molar-refractivity contribution in [2.75, 3.05) is 26.3 Å². The molecule has 0 unspecified atom stereocenters. The Balaban J connectivity index is 2.58. The van der Waals surface area contributed by atoms with Crippen LogP contribution in [0.4, 0.5) is 0 Å². The van der Waals surface area contributed by atoms with Crippen molar-refractivity contribution in [1.29, 1.82) is 0 Å². The van der Waals surface area contributed by atoms with E-state index in [4.69, 9.17) is 9.47 Å². The molecule has 0 atom stereocenters. The standard InChI is InChI=1S/C18H25NO5/c1-3-23-17(21)12-13-19(14-18(22)24-4-2)16(20)11-10-15-8-6-5-7-9-15/h5-9H,3-4,10-14H2,1-2H3. The van der Waals surface area contributed by atoms with Gasteiger partial charge >= 0.3 is 11.9 Å². The molecule has 0 aliphatic heterocycles. The summed E-state index contributed by atoms with van der Waals surface area (Å²) in [6.07, 6.45) is 0.912. The number of hydrogen-bond acceptors (Lipinski definition) is 5. The van der Waals surface area contributed by atoms with Crippen molar-refractivity contribution in [3.8, 4) is 0 Å². The van der Waals surface area contributed by atoms with Crippen molar-refractivity contribution in [1.82, 2.24) is 4.90 Å². The Morgan fingerprint density at radius 3 is 2.17 bits per heavy atom. The summed E-state index contributed by atoms with van der Waals surface area (Å²) in [6, 6.07) is 9.63. The number of ether oxygens (including phenoxy) is 2. The third kappa shape index (κ3) is 7.76. The fourth-order valence-electron chi connectivity index (χ4n) is 2.17. The highest BCUT2D eigenvalue weighted by Crippen LogP contribution is 2.06. The zero-order valence-electron chi connectivity index (χ0n) is 14.3. The zero-order valence-corrected chi connectivity index (χ0v) is 14.3. The normalized spacial score (nSPS) is 10.1. The zero-order chi connectivity index (χ0) is 17.8. The quantitative estimate of drug-likeness (QED) is 0.611. The minimum atomic E-state index is -0.477. The van der Waals surface area contributed by atoms with E-state index in [1.807, 2.05) is 30.3 Å². The largest absolute Gasteiger partial charge is 0.466 e. The maximum Gasteiger partial charge on any atom is 0.325 e. The number of aryl methyl sites for hydroxylation is 1. The number of amides is 1. The number of carbonyl (C=O) groups excluding carboxylic acids is 3. The molecule has 0 aliphatic rings. The number of benzene rings is 1. The summed E-state index contributed by atoms with van der Waals surface area (Å²) in [5, 5.41) is 0. The molecule has 0 aliphatic carbocycles. The summed E-state index contributed by atoms with van der Waals surface area (Å²) in [5.74, 6) is -1.05. The summed E-state index contributed by atoms with van der Waals surface area (Å²) in [5.41, 5.74) is 1.05. The highest BCUT2D eigenvalue weighted by Gasteiger charge is 2.19. The van der Waals surface area contributed by atoms with Gasteiger partial charge in [0.15, 0.2) is 0 Å². The third-order valence-corrected chi connectivity index (χ3v) is 3.34. The average Bonchev–Trinajstić information content (AvgIpc) is 2.58. The summed E-state index contributed by atoms with van der Waals surface area (Å²) in [6.45, 7) is 3.96. The number of rotatable bonds is 10. The maximum absolute atomic E-state index is 12.4. The van der Waals surface area contributed by atoms with Gasteiger partial charge in [-0.3, -0.25) is 14.4 Å². The molecule has 0 N–H and O–H groups in total. The van der Waals surface area contributed by atoms with Crippen LogP contribution in [0.5, 0.6) is 0 Å². The predicted octanol–water partition coefficient (Wildman–Crippen LogP) is 1.96. The first kappa shape index (κ1) is 19.7. The van der Waals surface area contributed by atoms with Crippen molar-refractivity contribution in [3.63, 3.8) is 0 Å². The highest BCUT2D eigenvalue weighted by molar-refractivity contribution is 5.82. The van der Waals surface area contributed by atoms with E-state index in [0.717, 1.165) is 5.56 Å². The van der Waals surface area contributed by atoms with Gasteiger partial charge in [0.25, 0.3) is 0 Å². The molecule has 0 fully saturated rings. The molecule has 1 rings (SSSR count). The second kappa shape index (κ2) is 11.2. The van der Waals surface area contributed by atoms with E-state index in [1.54, 1.807) is 13.8 Å². The molecule has 1 aromatic carbocycles.